The van der Waals surface area contributed by atoms with E-state index in [2.05, 4.69) is 28.2 Å². The Morgan fingerprint density at radius 1 is 1.12 bits per heavy atom. The second-order valence-electron chi connectivity index (χ2n) is 6.84. The predicted molar refractivity (Wildman–Crippen MR) is 106 cm³/mol. The number of ether oxygens (including phenoxy) is 1. The van der Waals surface area contributed by atoms with Gasteiger partial charge in [-0.3, -0.25) is 4.79 Å². The first kappa shape index (κ1) is 18.3. The summed E-state index contributed by atoms with van der Waals surface area (Å²) in [5.41, 5.74) is 3.98. The van der Waals surface area contributed by atoms with Crippen LogP contribution in [-0.2, 0) is 11.2 Å². The molecule has 138 valence electrons. The summed E-state index contributed by atoms with van der Waals surface area (Å²) in [5, 5.41) is 3.08. The van der Waals surface area contributed by atoms with Crippen molar-refractivity contribution in [3.63, 3.8) is 0 Å². The molecule has 0 saturated carbocycles. The molecule has 0 spiro atoms. The molecule has 0 unspecified atom stereocenters. The lowest BCUT2D eigenvalue weighted by atomic mass is 10.1. The zero-order valence-electron chi connectivity index (χ0n) is 15.8. The molecule has 1 aliphatic rings. The highest BCUT2D eigenvalue weighted by Gasteiger charge is 2.17. The van der Waals surface area contributed by atoms with Gasteiger partial charge < -0.3 is 19.9 Å². The van der Waals surface area contributed by atoms with Crippen molar-refractivity contribution in [1.29, 1.82) is 0 Å². The van der Waals surface area contributed by atoms with Gasteiger partial charge in [-0.2, -0.15) is 0 Å². The van der Waals surface area contributed by atoms with Crippen LogP contribution >= 0.6 is 0 Å². The van der Waals surface area contributed by atoms with E-state index in [9.17, 15) is 4.79 Å². The van der Waals surface area contributed by atoms with Crippen molar-refractivity contribution < 1.29 is 9.53 Å². The van der Waals surface area contributed by atoms with Crippen molar-refractivity contribution in [2.24, 2.45) is 0 Å². The van der Waals surface area contributed by atoms with Crippen molar-refractivity contribution in [3.05, 3.63) is 53.6 Å². The van der Waals surface area contributed by atoms with E-state index in [4.69, 9.17) is 4.74 Å². The van der Waals surface area contributed by atoms with Gasteiger partial charge in [-0.05, 0) is 43.3 Å². The van der Waals surface area contributed by atoms with Gasteiger partial charge in [0.05, 0.1) is 24.9 Å². The molecule has 0 aliphatic carbocycles. The summed E-state index contributed by atoms with van der Waals surface area (Å²) in [6.07, 6.45) is 0.327. The van der Waals surface area contributed by atoms with Gasteiger partial charge in [-0.1, -0.05) is 24.3 Å². The van der Waals surface area contributed by atoms with Crippen LogP contribution in [0.2, 0.25) is 0 Å². The van der Waals surface area contributed by atoms with E-state index < -0.39 is 0 Å². The van der Waals surface area contributed by atoms with Crippen molar-refractivity contribution in [1.82, 2.24) is 4.90 Å². The third kappa shape index (κ3) is 4.35. The number of nitrogens with zero attached hydrogens (tertiary/aromatic N) is 2. The molecule has 5 nitrogen and oxygen atoms in total. The molecule has 1 aliphatic heterocycles. The van der Waals surface area contributed by atoms with Crippen molar-refractivity contribution in [2.75, 3.05) is 50.6 Å². The Kier molecular flexibility index (Phi) is 5.78. The van der Waals surface area contributed by atoms with Gasteiger partial charge in [-0.25, -0.2) is 0 Å². The van der Waals surface area contributed by atoms with Crippen LogP contribution in [0.5, 0.6) is 5.75 Å². The average Bonchev–Trinajstić information content (AvgIpc) is 2.64. The minimum Gasteiger partial charge on any atom is -0.496 e. The van der Waals surface area contributed by atoms with E-state index in [1.165, 1.54) is 0 Å². The fraction of sp³-hybridized carbons (Fsp3) is 0.381. The lowest BCUT2D eigenvalue weighted by Crippen LogP contribution is -2.44. The molecule has 1 saturated heterocycles. The molecule has 0 atom stereocenters. The highest BCUT2D eigenvalue weighted by atomic mass is 16.5. The number of hydrogen-bond donors (Lipinski definition) is 1. The first-order valence-electron chi connectivity index (χ1n) is 9.02. The summed E-state index contributed by atoms with van der Waals surface area (Å²) in [5.74, 6) is 0.797. The fourth-order valence-electron chi connectivity index (χ4n) is 3.26. The summed E-state index contributed by atoms with van der Waals surface area (Å²) < 4.78 is 5.35. The van der Waals surface area contributed by atoms with Crippen LogP contribution in [0.25, 0.3) is 0 Å². The lowest BCUT2D eigenvalue weighted by Gasteiger charge is -2.35. The first-order chi connectivity index (χ1) is 12.6. The lowest BCUT2D eigenvalue weighted by molar-refractivity contribution is -0.115. The fourth-order valence-corrected chi connectivity index (χ4v) is 3.26. The van der Waals surface area contributed by atoms with Gasteiger partial charge in [0, 0.05) is 26.2 Å². The number of carbonyl (C=O) groups excluding carboxylic acids is 1. The Bertz CT molecular complexity index is 768. The molecule has 5 heteroatoms. The average molecular weight is 353 g/mol. The van der Waals surface area contributed by atoms with Gasteiger partial charge in [0.1, 0.15) is 5.75 Å². The smallest absolute Gasteiger partial charge is 0.228 e. The van der Waals surface area contributed by atoms with Crippen LogP contribution in [0.1, 0.15) is 11.1 Å². The minimum atomic E-state index is -0.0162. The van der Waals surface area contributed by atoms with E-state index in [1.807, 2.05) is 43.3 Å². The summed E-state index contributed by atoms with van der Waals surface area (Å²) in [6.45, 7) is 6.00. The van der Waals surface area contributed by atoms with E-state index >= 15 is 0 Å². The molecular formula is C21H27N3O2. The number of amides is 1. The SMILES string of the molecule is COc1cc(CC(=O)Nc2ccccc2N2CCN(C)CC2)ccc1C. The maximum absolute atomic E-state index is 12.6. The number of hydrogen-bond acceptors (Lipinski definition) is 4. The summed E-state index contributed by atoms with van der Waals surface area (Å²) in [7, 11) is 3.79. The Hall–Kier alpha value is -2.53. The van der Waals surface area contributed by atoms with Gasteiger partial charge in [0.15, 0.2) is 0 Å². The van der Waals surface area contributed by atoms with E-state index in [0.717, 1.165) is 54.4 Å². The molecule has 0 bridgehead atoms. The van der Waals surface area contributed by atoms with Gasteiger partial charge in [-0.15, -0.1) is 0 Å². The Morgan fingerprint density at radius 3 is 2.58 bits per heavy atom. The number of anilines is 2. The minimum absolute atomic E-state index is 0.0162. The van der Waals surface area contributed by atoms with Gasteiger partial charge >= 0.3 is 0 Å². The van der Waals surface area contributed by atoms with Crippen LogP contribution in [-0.4, -0.2) is 51.1 Å². The molecule has 2 aromatic rings. The van der Waals surface area contributed by atoms with Crippen LogP contribution in [0.15, 0.2) is 42.5 Å². The summed E-state index contributed by atoms with van der Waals surface area (Å²) >= 11 is 0. The normalized spacial score (nSPS) is 15.0. The number of carbonyl (C=O) groups is 1. The van der Waals surface area contributed by atoms with Gasteiger partial charge in [0.2, 0.25) is 5.91 Å². The second-order valence-corrected chi connectivity index (χ2v) is 6.84. The molecule has 0 radical (unpaired) electrons. The highest BCUT2D eigenvalue weighted by molar-refractivity contribution is 5.95. The number of para-hydroxylation sites is 2. The molecule has 0 aromatic heterocycles. The molecule has 1 heterocycles. The highest BCUT2D eigenvalue weighted by Crippen LogP contribution is 2.27. The number of methoxy groups -OCH3 is 1. The Balaban J connectivity index is 1.70. The number of nitrogens with one attached hydrogen (secondary N) is 1. The molecule has 3 rings (SSSR count). The summed E-state index contributed by atoms with van der Waals surface area (Å²) in [6, 6.07) is 13.9. The number of likely N-dealkylation sites (N-methyl/N-ethyl adjacent to an activating group) is 1. The molecular weight excluding hydrogens is 326 g/mol. The van der Waals surface area contributed by atoms with Crippen molar-refractivity contribution >= 4 is 17.3 Å². The Morgan fingerprint density at radius 2 is 1.85 bits per heavy atom. The number of piperazine rings is 1. The van der Waals surface area contributed by atoms with Crippen molar-refractivity contribution in [3.8, 4) is 5.75 Å². The Labute approximate surface area is 155 Å². The van der Waals surface area contributed by atoms with E-state index in [0.29, 0.717) is 6.42 Å². The summed E-state index contributed by atoms with van der Waals surface area (Å²) in [4.78, 5) is 17.2. The van der Waals surface area contributed by atoms with Crippen LogP contribution < -0.4 is 15.0 Å². The molecule has 1 fully saturated rings. The van der Waals surface area contributed by atoms with Crippen molar-refractivity contribution in [2.45, 2.75) is 13.3 Å². The zero-order valence-corrected chi connectivity index (χ0v) is 15.8. The molecule has 2 aromatic carbocycles. The van der Waals surface area contributed by atoms with E-state index in [-0.39, 0.29) is 5.91 Å². The standard InChI is InChI=1S/C21H27N3O2/c1-16-8-9-17(14-20(16)26-3)15-21(25)22-18-6-4-5-7-19(18)24-12-10-23(2)11-13-24/h4-9,14H,10-13,15H2,1-3H3,(H,22,25). The van der Waals surface area contributed by atoms with Crippen LogP contribution in [0, 0.1) is 6.92 Å². The topological polar surface area (TPSA) is 44.8 Å². The van der Waals surface area contributed by atoms with Crippen LogP contribution in [0.3, 0.4) is 0 Å². The van der Waals surface area contributed by atoms with E-state index in [1.54, 1.807) is 7.11 Å². The first-order valence-corrected chi connectivity index (χ1v) is 9.02. The number of aryl methyl sites for hydroxylation is 1. The third-order valence-corrected chi connectivity index (χ3v) is 4.86. The molecule has 26 heavy (non-hydrogen) atoms. The predicted octanol–water partition coefficient (Wildman–Crippen LogP) is 2.94. The maximum Gasteiger partial charge on any atom is 0.228 e. The largest absolute Gasteiger partial charge is 0.496 e. The monoisotopic (exact) mass is 353 g/mol. The number of rotatable bonds is 5. The quantitative estimate of drug-likeness (QED) is 0.898. The maximum atomic E-state index is 12.6. The third-order valence-electron chi connectivity index (χ3n) is 4.86. The zero-order chi connectivity index (χ0) is 18.5. The van der Waals surface area contributed by atoms with Crippen LogP contribution in [0.4, 0.5) is 11.4 Å². The molecule has 1 N–H and O–H groups in total. The second kappa shape index (κ2) is 8.23. The van der Waals surface area contributed by atoms with Gasteiger partial charge in [0.25, 0.3) is 0 Å². The molecule has 1 amide bonds. The number of benzene rings is 2.